The molecule has 2 N–H and O–H groups in total. The molecule has 0 atom stereocenters. The molecule has 0 aliphatic rings. The standard InChI is InChI=1S/C13H13FN4/c1-3-8(2)11-13(15)17-7-10(18-11)12-9(14)5-4-6-16-12/h4-7H,2-3H2,1H3,(H2,15,17). The highest BCUT2D eigenvalue weighted by atomic mass is 19.1. The van der Waals surface area contributed by atoms with Gasteiger partial charge in [-0.05, 0) is 24.1 Å². The molecular formula is C13H13FN4. The summed E-state index contributed by atoms with van der Waals surface area (Å²) in [5, 5.41) is 0. The molecule has 5 heteroatoms. The van der Waals surface area contributed by atoms with Gasteiger partial charge in [0.05, 0.1) is 6.20 Å². The lowest BCUT2D eigenvalue weighted by molar-refractivity contribution is 0.625. The summed E-state index contributed by atoms with van der Waals surface area (Å²) < 4.78 is 13.6. The highest BCUT2D eigenvalue weighted by Crippen LogP contribution is 2.23. The van der Waals surface area contributed by atoms with Crippen LogP contribution in [0, 0.1) is 5.82 Å². The molecule has 0 saturated carbocycles. The second-order valence-corrected chi connectivity index (χ2v) is 3.78. The number of pyridine rings is 1. The summed E-state index contributed by atoms with van der Waals surface area (Å²) in [6.45, 7) is 5.81. The number of nitrogen functional groups attached to an aromatic ring is 1. The molecule has 18 heavy (non-hydrogen) atoms. The van der Waals surface area contributed by atoms with Crippen LogP contribution in [0.1, 0.15) is 19.0 Å². The molecule has 0 bridgehead atoms. The lowest BCUT2D eigenvalue weighted by Gasteiger charge is -2.08. The van der Waals surface area contributed by atoms with Gasteiger partial charge >= 0.3 is 0 Å². The molecule has 4 nitrogen and oxygen atoms in total. The predicted molar refractivity (Wildman–Crippen MR) is 69.0 cm³/mol. The Morgan fingerprint density at radius 3 is 2.89 bits per heavy atom. The fourth-order valence-electron chi connectivity index (χ4n) is 1.51. The fourth-order valence-corrected chi connectivity index (χ4v) is 1.51. The van der Waals surface area contributed by atoms with Crippen molar-refractivity contribution in [1.29, 1.82) is 0 Å². The summed E-state index contributed by atoms with van der Waals surface area (Å²) in [7, 11) is 0. The van der Waals surface area contributed by atoms with Crippen LogP contribution in [0.2, 0.25) is 0 Å². The molecule has 0 radical (unpaired) electrons. The molecule has 2 heterocycles. The maximum absolute atomic E-state index is 13.6. The van der Waals surface area contributed by atoms with Crippen molar-refractivity contribution in [3.05, 3.63) is 42.6 Å². The van der Waals surface area contributed by atoms with Gasteiger partial charge in [0, 0.05) is 6.20 Å². The Hall–Kier alpha value is -2.30. The molecule has 0 unspecified atom stereocenters. The van der Waals surface area contributed by atoms with Crippen LogP contribution in [0.15, 0.2) is 31.1 Å². The second-order valence-electron chi connectivity index (χ2n) is 3.78. The molecule has 0 fully saturated rings. The third-order valence-electron chi connectivity index (χ3n) is 2.56. The van der Waals surface area contributed by atoms with Crippen molar-refractivity contribution in [2.75, 3.05) is 5.73 Å². The Morgan fingerprint density at radius 1 is 1.44 bits per heavy atom. The van der Waals surface area contributed by atoms with E-state index < -0.39 is 5.82 Å². The lowest BCUT2D eigenvalue weighted by atomic mass is 10.1. The fraction of sp³-hybridized carbons (Fsp3) is 0.154. The number of anilines is 1. The minimum Gasteiger partial charge on any atom is -0.382 e. The Bertz CT molecular complexity index is 595. The lowest BCUT2D eigenvalue weighted by Crippen LogP contribution is -2.02. The zero-order valence-electron chi connectivity index (χ0n) is 10.0. The number of rotatable bonds is 3. The molecule has 2 aromatic rings. The molecule has 0 aliphatic heterocycles. The van der Waals surface area contributed by atoms with E-state index >= 15 is 0 Å². The average molecular weight is 244 g/mol. The second kappa shape index (κ2) is 4.91. The number of hydrogen-bond donors (Lipinski definition) is 1. The van der Waals surface area contributed by atoms with Gasteiger partial charge in [-0.1, -0.05) is 13.5 Å². The smallest absolute Gasteiger partial charge is 0.151 e. The Morgan fingerprint density at radius 2 is 2.22 bits per heavy atom. The molecular weight excluding hydrogens is 231 g/mol. The van der Waals surface area contributed by atoms with Crippen LogP contribution in [0.5, 0.6) is 0 Å². The third-order valence-corrected chi connectivity index (χ3v) is 2.56. The third kappa shape index (κ3) is 2.20. The van der Waals surface area contributed by atoms with Crippen molar-refractivity contribution in [3.63, 3.8) is 0 Å². The van der Waals surface area contributed by atoms with Crippen LogP contribution < -0.4 is 5.73 Å². The van der Waals surface area contributed by atoms with E-state index in [9.17, 15) is 4.39 Å². The van der Waals surface area contributed by atoms with E-state index in [1.807, 2.05) is 6.92 Å². The molecule has 0 saturated heterocycles. The van der Waals surface area contributed by atoms with Gasteiger partial charge in [-0.15, -0.1) is 0 Å². The van der Waals surface area contributed by atoms with Crippen molar-refractivity contribution in [3.8, 4) is 11.4 Å². The van der Waals surface area contributed by atoms with Crippen molar-refractivity contribution >= 4 is 11.4 Å². The summed E-state index contributed by atoms with van der Waals surface area (Å²) in [5.41, 5.74) is 7.51. The van der Waals surface area contributed by atoms with Gasteiger partial charge < -0.3 is 5.73 Å². The first-order valence-electron chi connectivity index (χ1n) is 5.55. The minimum atomic E-state index is -0.440. The predicted octanol–water partition coefficient (Wildman–Crippen LogP) is 2.68. The Labute approximate surface area is 104 Å². The maximum atomic E-state index is 13.6. The first-order valence-corrected chi connectivity index (χ1v) is 5.55. The van der Waals surface area contributed by atoms with E-state index in [1.54, 1.807) is 0 Å². The summed E-state index contributed by atoms with van der Waals surface area (Å²) in [6, 6.07) is 2.85. The monoisotopic (exact) mass is 244 g/mol. The number of allylic oxidation sites excluding steroid dienone is 1. The van der Waals surface area contributed by atoms with E-state index in [2.05, 4.69) is 21.5 Å². The van der Waals surface area contributed by atoms with Crippen molar-refractivity contribution in [2.24, 2.45) is 0 Å². The van der Waals surface area contributed by atoms with Gasteiger partial charge in [0.15, 0.2) is 5.82 Å². The SMILES string of the molecule is C=C(CC)c1nc(-c2ncccc2F)cnc1N. The summed E-state index contributed by atoms with van der Waals surface area (Å²) in [6.07, 6.45) is 3.62. The van der Waals surface area contributed by atoms with Crippen molar-refractivity contribution < 1.29 is 4.39 Å². The van der Waals surface area contributed by atoms with Gasteiger partial charge in [0.1, 0.15) is 22.9 Å². The van der Waals surface area contributed by atoms with Crippen LogP contribution in [0.3, 0.4) is 0 Å². The molecule has 0 aromatic carbocycles. The van der Waals surface area contributed by atoms with Crippen LogP contribution in [-0.2, 0) is 0 Å². The van der Waals surface area contributed by atoms with Crippen molar-refractivity contribution in [1.82, 2.24) is 15.0 Å². The number of aromatic nitrogens is 3. The first-order chi connectivity index (χ1) is 8.63. The van der Waals surface area contributed by atoms with E-state index in [4.69, 9.17) is 5.73 Å². The summed E-state index contributed by atoms with van der Waals surface area (Å²) >= 11 is 0. The van der Waals surface area contributed by atoms with Gasteiger partial charge in [-0.3, -0.25) is 4.98 Å². The van der Waals surface area contributed by atoms with Gasteiger partial charge in [0.2, 0.25) is 0 Å². The normalized spacial score (nSPS) is 10.3. The van der Waals surface area contributed by atoms with E-state index in [0.29, 0.717) is 23.6 Å². The zero-order chi connectivity index (χ0) is 13.1. The van der Waals surface area contributed by atoms with Crippen molar-refractivity contribution in [2.45, 2.75) is 13.3 Å². The highest BCUT2D eigenvalue weighted by molar-refractivity contribution is 5.70. The number of halogens is 1. The highest BCUT2D eigenvalue weighted by Gasteiger charge is 2.12. The summed E-state index contributed by atoms with van der Waals surface area (Å²) in [5.74, 6) is -0.147. The zero-order valence-corrected chi connectivity index (χ0v) is 10.0. The van der Waals surface area contributed by atoms with Crippen LogP contribution >= 0.6 is 0 Å². The van der Waals surface area contributed by atoms with E-state index in [0.717, 1.165) is 5.57 Å². The van der Waals surface area contributed by atoms with Crippen LogP contribution in [-0.4, -0.2) is 15.0 Å². The Balaban J connectivity index is 2.54. The molecule has 0 spiro atoms. The number of nitrogens with two attached hydrogens (primary N) is 1. The van der Waals surface area contributed by atoms with Crippen LogP contribution in [0.25, 0.3) is 17.0 Å². The van der Waals surface area contributed by atoms with Gasteiger partial charge in [-0.25, -0.2) is 14.4 Å². The minimum absolute atomic E-state index is 0.162. The van der Waals surface area contributed by atoms with Crippen LogP contribution in [0.4, 0.5) is 10.2 Å². The van der Waals surface area contributed by atoms with E-state index in [1.165, 1.54) is 24.5 Å². The molecule has 0 amide bonds. The maximum Gasteiger partial charge on any atom is 0.151 e. The first kappa shape index (κ1) is 12.2. The summed E-state index contributed by atoms with van der Waals surface area (Å²) in [4.78, 5) is 12.3. The van der Waals surface area contributed by atoms with Gasteiger partial charge in [0.25, 0.3) is 0 Å². The topological polar surface area (TPSA) is 64.7 Å². The molecule has 2 aromatic heterocycles. The largest absolute Gasteiger partial charge is 0.382 e. The quantitative estimate of drug-likeness (QED) is 0.901. The number of hydrogen-bond acceptors (Lipinski definition) is 4. The molecule has 2 rings (SSSR count). The van der Waals surface area contributed by atoms with E-state index in [-0.39, 0.29) is 5.69 Å². The molecule has 92 valence electrons. The molecule has 0 aliphatic carbocycles. The van der Waals surface area contributed by atoms with Gasteiger partial charge in [-0.2, -0.15) is 0 Å². The number of nitrogens with zero attached hydrogens (tertiary/aromatic N) is 3. The Kier molecular flexibility index (Phi) is 3.32. The average Bonchev–Trinajstić information content (AvgIpc) is 2.39.